The van der Waals surface area contributed by atoms with Crippen LogP contribution >= 0.6 is 0 Å². The Morgan fingerprint density at radius 2 is 1.75 bits per heavy atom. The minimum absolute atomic E-state index is 0.150. The first kappa shape index (κ1) is 13.5. The van der Waals surface area contributed by atoms with E-state index < -0.39 is 0 Å². The summed E-state index contributed by atoms with van der Waals surface area (Å²) in [5, 5.41) is 0. The van der Waals surface area contributed by atoms with Crippen molar-refractivity contribution in [3.63, 3.8) is 0 Å². The zero-order chi connectivity index (χ0) is 12.2. The summed E-state index contributed by atoms with van der Waals surface area (Å²) in [6.45, 7) is 10.3. The molecule has 1 heterocycles. The first-order chi connectivity index (χ1) is 7.53. The van der Waals surface area contributed by atoms with Crippen molar-refractivity contribution in [2.75, 3.05) is 33.2 Å². The average molecular weight is 226 g/mol. The molecule has 0 radical (unpaired) electrons. The summed E-state index contributed by atoms with van der Waals surface area (Å²) in [4.78, 5) is 16.8. The minimum atomic E-state index is -0.150. The van der Waals surface area contributed by atoms with Gasteiger partial charge in [-0.05, 0) is 32.9 Å². The highest BCUT2D eigenvalue weighted by molar-refractivity contribution is 5.82. The Kier molecular flexibility index (Phi) is 4.78. The molecular weight excluding hydrogens is 200 g/mol. The van der Waals surface area contributed by atoms with E-state index in [1.165, 1.54) is 0 Å². The van der Waals surface area contributed by atoms with Gasteiger partial charge in [0.25, 0.3) is 0 Å². The molecular formula is C13H26N2O. The second kappa shape index (κ2) is 5.67. The molecule has 1 rings (SSSR count). The molecule has 0 aromatic heterocycles. The van der Waals surface area contributed by atoms with Gasteiger partial charge in [0.1, 0.15) is 0 Å². The first-order valence-electron chi connectivity index (χ1n) is 6.51. The molecule has 0 aromatic rings. The highest BCUT2D eigenvalue weighted by Crippen LogP contribution is 2.28. The molecule has 1 amide bonds. The van der Waals surface area contributed by atoms with E-state index in [0.29, 0.717) is 5.91 Å². The lowest BCUT2D eigenvalue weighted by Crippen LogP contribution is -2.43. The predicted octanol–water partition coefficient (Wildman–Crippen LogP) is 1.98. The lowest BCUT2D eigenvalue weighted by Gasteiger charge is -2.32. The molecule has 16 heavy (non-hydrogen) atoms. The molecule has 1 aliphatic heterocycles. The molecule has 1 saturated heterocycles. The van der Waals surface area contributed by atoms with E-state index in [1.54, 1.807) is 0 Å². The molecule has 3 heteroatoms. The maximum atomic E-state index is 12.4. The SMILES string of the molecule is CCC(C)(CC)C(=O)N1CCCN(C)CC1. The van der Waals surface area contributed by atoms with Gasteiger partial charge in [-0.1, -0.05) is 20.8 Å². The Hall–Kier alpha value is -0.570. The van der Waals surface area contributed by atoms with E-state index in [-0.39, 0.29) is 5.41 Å². The van der Waals surface area contributed by atoms with Crippen LogP contribution in [0, 0.1) is 5.41 Å². The number of rotatable bonds is 3. The monoisotopic (exact) mass is 226 g/mol. The lowest BCUT2D eigenvalue weighted by atomic mass is 9.83. The molecule has 0 atom stereocenters. The molecule has 0 unspecified atom stereocenters. The van der Waals surface area contributed by atoms with E-state index in [4.69, 9.17) is 0 Å². The van der Waals surface area contributed by atoms with Gasteiger partial charge in [-0.2, -0.15) is 0 Å². The number of carbonyl (C=O) groups is 1. The number of hydrogen-bond donors (Lipinski definition) is 0. The summed E-state index contributed by atoms with van der Waals surface area (Å²) < 4.78 is 0. The quantitative estimate of drug-likeness (QED) is 0.734. The summed E-state index contributed by atoms with van der Waals surface area (Å²) in [5.41, 5.74) is -0.150. The molecule has 3 nitrogen and oxygen atoms in total. The van der Waals surface area contributed by atoms with Crippen molar-refractivity contribution in [3.05, 3.63) is 0 Å². The second-order valence-corrected chi connectivity index (χ2v) is 5.22. The fraction of sp³-hybridized carbons (Fsp3) is 0.923. The molecule has 0 aliphatic carbocycles. The molecule has 0 saturated carbocycles. The summed E-state index contributed by atoms with van der Waals surface area (Å²) in [6.07, 6.45) is 2.98. The predicted molar refractivity (Wildman–Crippen MR) is 67.4 cm³/mol. The third-order valence-corrected chi connectivity index (χ3v) is 4.08. The number of hydrogen-bond acceptors (Lipinski definition) is 2. The smallest absolute Gasteiger partial charge is 0.228 e. The molecule has 0 bridgehead atoms. The van der Waals surface area contributed by atoms with Crippen LogP contribution in [0.3, 0.4) is 0 Å². The van der Waals surface area contributed by atoms with Crippen molar-refractivity contribution in [1.82, 2.24) is 9.80 Å². The standard InChI is InChI=1S/C13H26N2O/c1-5-13(3,6-2)12(16)15-9-7-8-14(4)10-11-15/h5-11H2,1-4H3. The van der Waals surface area contributed by atoms with E-state index >= 15 is 0 Å². The second-order valence-electron chi connectivity index (χ2n) is 5.22. The van der Waals surface area contributed by atoms with Crippen molar-refractivity contribution < 1.29 is 4.79 Å². The molecule has 0 spiro atoms. The van der Waals surface area contributed by atoms with Gasteiger partial charge in [-0.3, -0.25) is 4.79 Å². The number of likely N-dealkylation sites (N-methyl/N-ethyl adjacent to an activating group) is 1. The zero-order valence-electron chi connectivity index (χ0n) is 11.3. The van der Waals surface area contributed by atoms with Gasteiger partial charge in [-0.15, -0.1) is 0 Å². The third kappa shape index (κ3) is 2.97. The van der Waals surface area contributed by atoms with Crippen LogP contribution in [0.15, 0.2) is 0 Å². The van der Waals surface area contributed by atoms with Gasteiger partial charge in [0.15, 0.2) is 0 Å². The Bertz CT molecular complexity index is 236. The zero-order valence-corrected chi connectivity index (χ0v) is 11.3. The highest BCUT2D eigenvalue weighted by Gasteiger charge is 2.33. The fourth-order valence-electron chi connectivity index (χ4n) is 2.18. The van der Waals surface area contributed by atoms with Gasteiger partial charge in [0, 0.05) is 25.0 Å². The molecule has 1 aliphatic rings. The number of nitrogens with zero attached hydrogens (tertiary/aromatic N) is 2. The van der Waals surface area contributed by atoms with Crippen LogP contribution in [0.4, 0.5) is 0 Å². The van der Waals surface area contributed by atoms with Crippen LogP contribution in [0.2, 0.25) is 0 Å². The summed E-state index contributed by atoms with van der Waals surface area (Å²) in [5.74, 6) is 0.354. The van der Waals surface area contributed by atoms with Gasteiger partial charge < -0.3 is 9.80 Å². The van der Waals surface area contributed by atoms with Crippen molar-refractivity contribution >= 4 is 5.91 Å². The maximum absolute atomic E-state index is 12.4. The summed E-state index contributed by atoms with van der Waals surface area (Å²) >= 11 is 0. The number of amides is 1. The van der Waals surface area contributed by atoms with Gasteiger partial charge >= 0.3 is 0 Å². The molecule has 94 valence electrons. The first-order valence-corrected chi connectivity index (χ1v) is 6.51. The van der Waals surface area contributed by atoms with Crippen LogP contribution in [-0.4, -0.2) is 48.9 Å². The van der Waals surface area contributed by atoms with Gasteiger partial charge in [0.2, 0.25) is 5.91 Å². The maximum Gasteiger partial charge on any atom is 0.228 e. The highest BCUT2D eigenvalue weighted by atomic mass is 16.2. The van der Waals surface area contributed by atoms with Crippen molar-refractivity contribution in [1.29, 1.82) is 0 Å². The lowest BCUT2D eigenvalue weighted by molar-refractivity contribution is -0.141. The van der Waals surface area contributed by atoms with Crippen molar-refractivity contribution in [2.24, 2.45) is 5.41 Å². The molecule has 1 fully saturated rings. The summed E-state index contributed by atoms with van der Waals surface area (Å²) in [6, 6.07) is 0. The van der Waals surface area contributed by atoms with Gasteiger partial charge in [-0.25, -0.2) is 0 Å². The fourth-order valence-corrected chi connectivity index (χ4v) is 2.18. The van der Waals surface area contributed by atoms with Gasteiger partial charge in [0.05, 0.1) is 0 Å². The molecule has 0 aromatic carbocycles. The summed E-state index contributed by atoms with van der Waals surface area (Å²) in [7, 11) is 2.13. The van der Waals surface area contributed by atoms with E-state index in [2.05, 4.69) is 37.6 Å². The number of carbonyl (C=O) groups excluding carboxylic acids is 1. The Morgan fingerprint density at radius 1 is 1.12 bits per heavy atom. The van der Waals surface area contributed by atoms with E-state index in [9.17, 15) is 4.79 Å². The Balaban J connectivity index is 2.65. The van der Waals surface area contributed by atoms with Crippen LogP contribution in [-0.2, 0) is 4.79 Å². The van der Waals surface area contributed by atoms with E-state index in [0.717, 1.165) is 45.4 Å². The van der Waals surface area contributed by atoms with Crippen molar-refractivity contribution in [3.8, 4) is 0 Å². The largest absolute Gasteiger partial charge is 0.341 e. The van der Waals surface area contributed by atoms with Crippen LogP contribution in [0.25, 0.3) is 0 Å². The Morgan fingerprint density at radius 3 is 2.31 bits per heavy atom. The van der Waals surface area contributed by atoms with Crippen molar-refractivity contribution in [2.45, 2.75) is 40.0 Å². The third-order valence-electron chi connectivity index (χ3n) is 4.08. The average Bonchev–Trinajstić information content (AvgIpc) is 2.52. The van der Waals surface area contributed by atoms with Crippen LogP contribution < -0.4 is 0 Å². The normalized spacial score (nSPS) is 19.6. The Labute approximate surface area is 99.8 Å². The van der Waals surface area contributed by atoms with Crippen LogP contribution in [0.5, 0.6) is 0 Å². The topological polar surface area (TPSA) is 23.6 Å². The van der Waals surface area contributed by atoms with E-state index in [1.807, 2.05) is 0 Å². The minimum Gasteiger partial charge on any atom is -0.341 e. The van der Waals surface area contributed by atoms with Crippen LogP contribution in [0.1, 0.15) is 40.0 Å². The molecule has 0 N–H and O–H groups in total.